The van der Waals surface area contributed by atoms with E-state index >= 15 is 0 Å². The quantitative estimate of drug-likeness (QED) is 0.650. The van der Waals surface area contributed by atoms with Gasteiger partial charge in [0.05, 0.1) is 10.9 Å². The minimum absolute atomic E-state index is 0.0229. The van der Waals surface area contributed by atoms with Crippen LogP contribution >= 0.6 is 11.8 Å². The maximum atomic E-state index is 12.4. The third-order valence-electron chi connectivity index (χ3n) is 3.99. The Morgan fingerprint density at radius 3 is 2.65 bits per heavy atom. The monoisotopic (exact) mass is 367 g/mol. The molecule has 6 nitrogen and oxygen atoms in total. The summed E-state index contributed by atoms with van der Waals surface area (Å²) in [6.45, 7) is 4.47. The van der Waals surface area contributed by atoms with Crippen molar-refractivity contribution in [2.24, 2.45) is 0 Å². The molecule has 0 aliphatic heterocycles. The van der Waals surface area contributed by atoms with E-state index in [1.165, 1.54) is 17.3 Å². The molecule has 26 heavy (non-hydrogen) atoms. The van der Waals surface area contributed by atoms with E-state index < -0.39 is 0 Å². The van der Waals surface area contributed by atoms with Gasteiger partial charge in [-0.2, -0.15) is 4.68 Å². The predicted octanol–water partition coefficient (Wildman–Crippen LogP) is 2.81. The van der Waals surface area contributed by atoms with Crippen molar-refractivity contribution in [2.75, 3.05) is 6.54 Å². The van der Waals surface area contributed by atoms with Crippen LogP contribution in [0.25, 0.3) is 5.69 Å². The standard InChI is InChI=1S/C19H21N5OS/c1-14-8-6-7-11-17(14)24-19(21-22-23-24)26-15(2)18(25)20-13-12-16-9-4-3-5-10-16/h3-11,15H,12-13H2,1-2H3,(H,20,25)/t15-/m1/s1. The molecular weight excluding hydrogens is 346 g/mol. The summed E-state index contributed by atoms with van der Waals surface area (Å²) < 4.78 is 1.67. The van der Waals surface area contributed by atoms with Crippen LogP contribution in [-0.4, -0.2) is 37.9 Å². The Kier molecular flexibility index (Phi) is 6.01. The molecular formula is C19H21N5OS. The Morgan fingerprint density at radius 2 is 1.88 bits per heavy atom. The van der Waals surface area contributed by atoms with E-state index in [1.54, 1.807) is 4.68 Å². The Morgan fingerprint density at radius 1 is 1.15 bits per heavy atom. The van der Waals surface area contributed by atoms with Crippen molar-refractivity contribution in [3.63, 3.8) is 0 Å². The summed E-state index contributed by atoms with van der Waals surface area (Å²) in [5.74, 6) is -0.0229. The lowest BCUT2D eigenvalue weighted by molar-refractivity contribution is -0.120. The van der Waals surface area contributed by atoms with Crippen molar-refractivity contribution in [2.45, 2.75) is 30.7 Å². The highest BCUT2D eigenvalue weighted by Crippen LogP contribution is 2.24. The van der Waals surface area contributed by atoms with Gasteiger partial charge in [0.25, 0.3) is 0 Å². The number of nitrogens with zero attached hydrogens (tertiary/aromatic N) is 4. The second kappa shape index (κ2) is 8.62. The number of hydrogen-bond acceptors (Lipinski definition) is 5. The fourth-order valence-electron chi connectivity index (χ4n) is 2.53. The van der Waals surface area contributed by atoms with E-state index in [4.69, 9.17) is 0 Å². The number of nitrogens with one attached hydrogen (secondary N) is 1. The highest BCUT2D eigenvalue weighted by atomic mass is 32.2. The molecule has 1 amide bonds. The third kappa shape index (κ3) is 4.49. The lowest BCUT2D eigenvalue weighted by atomic mass is 10.1. The summed E-state index contributed by atoms with van der Waals surface area (Å²) in [6.07, 6.45) is 0.810. The van der Waals surface area contributed by atoms with Gasteiger partial charge in [-0.1, -0.05) is 60.3 Å². The van der Waals surface area contributed by atoms with Crippen LogP contribution in [0.1, 0.15) is 18.1 Å². The Balaban J connectivity index is 1.58. The molecule has 1 heterocycles. The summed E-state index contributed by atoms with van der Waals surface area (Å²) >= 11 is 1.35. The van der Waals surface area contributed by atoms with Crippen LogP contribution in [0.5, 0.6) is 0 Å². The smallest absolute Gasteiger partial charge is 0.233 e. The number of rotatable bonds is 7. The van der Waals surface area contributed by atoms with Crippen LogP contribution in [0, 0.1) is 6.92 Å². The molecule has 7 heteroatoms. The highest BCUT2D eigenvalue weighted by Gasteiger charge is 2.19. The normalized spacial score (nSPS) is 11.9. The lowest BCUT2D eigenvalue weighted by Gasteiger charge is -2.12. The Labute approximate surface area is 157 Å². The second-order valence-corrected chi connectivity index (χ2v) is 7.25. The van der Waals surface area contributed by atoms with Crippen molar-refractivity contribution in [3.05, 3.63) is 65.7 Å². The molecule has 0 fully saturated rings. The number of para-hydroxylation sites is 1. The first-order valence-corrected chi connectivity index (χ1v) is 9.36. The summed E-state index contributed by atoms with van der Waals surface area (Å²) in [4.78, 5) is 12.4. The van der Waals surface area contributed by atoms with E-state index in [1.807, 2.05) is 56.3 Å². The molecule has 1 atom stereocenters. The molecule has 0 radical (unpaired) electrons. The van der Waals surface area contributed by atoms with Gasteiger partial charge in [-0.05, 0) is 47.9 Å². The second-order valence-electron chi connectivity index (χ2n) is 5.95. The molecule has 3 aromatic rings. The lowest BCUT2D eigenvalue weighted by Crippen LogP contribution is -2.32. The Bertz CT molecular complexity index is 865. The minimum Gasteiger partial charge on any atom is -0.355 e. The summed E-state index contributed by atoms with van der Waals surface area (Å²) in [5.41, 5.74) is 3.19. The van der Waals surface area contributed by atoms with Crippen molar-refractivity contribution >= 4 is 17.7 Å². The number of tetrazole rings is 1. The van der Waals surface area contributed by atoms with Crippen LogP contribution in [0.4, 0.5) is 0 Å². The van der Waals surface area contributed by atoms with Gasteiger partial charge in [-0.25, -0.2) is 0 Å². The van der Waals surface area contributed by atoms with Crippen LogP contribution < -0.4 is 5.32 Å². The third-order valence-corrected chi connectivity index (χ3v) is 5.02. The molecule has 134 valence electrons. The molecule has 0 saturated heterocycles. The van der Waals surface area contributed by atoms with Gasteiger partial charge in [-0.3, -0.25) is 4.79 Å². The van der Waals surface area contributed by atoms with E-state index in [0.29, 0.717) is 11.7 Å². The average molecular weight is 367 g/mol. The maximum absolute atomic E-state index is 12.4. The Hall–Kier alpha value is -2.67. The van der Waals surface area contributed by atoms with E-state index in [2.05, 4.69) is 33.0 Å². The van der Waals surface area contributed by atoms with Gasteiger partial charge in [0.15, 0.2) is 0 Å². The average Bonchev–Trinajstić information content (AvgIpc) is 3.10. The summed E-state index contributed by atoms with van der Waals surface area (Å²) in [6, 6.07) is 18.0. The van der Waals surface area contributed by atoms with Gasteiger partial charge >= 0.3 is 0 Å². The van der Waals surface area contributed by atoms with Crippen molar-refractivity contribution in [1.29, 1.82) is 0 Å². The van der Waals surface area contributed by atoms with Gasteiger partial charge in [0, 0.05) is 6.54 Å². The minimum atomic E-state index is -0.292. The molecule has 0 aliphatic carbocycles. The number of benzene rings is 2. The van der Waals surface area contributed by atoms with Gasteiger partial charge in [-0.15, -0.1) is 5.10 Å². The van der Waals surface area contributed by atoms with E-state index in [-0.39, 0.29) is 11.2 Å². The zero-order valence-corrected chi connectivity index (χ0v) is 15.6. The number of hydrogen-bond donors (Lipinski definition) is 1. The number of carbonyl (C=O) groups excluding carboxylic acids is 1. The fourth-order valence-corrected chi connectivity index (χ4v) is 3.36. The number of aryl methyl sites for hydroxylation is 1. The van der Waals surface area contributed by atoms with Gasteiger partial charge in [0.2, 0.25) is 11.1 Å². The molecule has 0 saturated carbocycles. The molecule has 1 N–H and O–H groups in total. The molecule has 3 rings (SSSR count). The predicted molar refractivity (Wildman–Crippen MR) is 102 cm³/mol. The van der Waals surface area contributed by atoms with Gasteiger partial charge < -0.3 is 5.32 Å². The highest BCUT2D eigenvalue weighted by molar-refractivity contribution is 8.00. The molecule has 0 spiro atoms. The van der Waals surface area contributed by atoms with E-state index in [9.17, 15) is 4.79 Å². The summed E-state index contributed by atoms with van der Waals surface area (Å²) in [7, 11) is 0. The molecule has 2 aromatic carbocycles. The fraction of sp³-hybridized carbons (Fsp3) is 0.263. The molecule has 1 aromatic heterocycles. The molecule has 0 unspecified atom stereocenters. The van der Waals surface area contributed by atoms with Crippen molar-refractivity contribution in [1.82, 2.24) is 25.5 Å². The topological polar surface area (TPSA) is 72.7 Å². The van der Waals surface area contributed by atoms with Crippen LogP contribution in [0.3, 0.4) is 0 Å². The molecule has 0 aliphatic rings. The van der Waals surface area contributed by atoms with Crippen molar-refractivity contribution in [3.8, 4) is 5.69 Å². The van der Waals surface area contributed by atoms with Crippen LogP contribution in [0.15, 0.2) is 59.8 Å². The van der Waals surface area contributed by atoms with Crippen LogP contribution in [-0.2, 0) is 11.2 Å². The number of aromatic nitrogens is 4. The molecule has 0 bridgehead atoms. The van der Waals surface area contributed by atoms with Gasteiger partial charge in [0.1, 0.15) is 0 Å². The zero-order valence-electron chi connectivity index (χ0n) is 14.8. The number of thioether (sulfide) groups is 1. The SMILES string of the molecule is Cc1ccccc1-n1nnnc1S[C@H](C)C(=O)NCCc1ccccc1. The maximum Gasteiger partial charge on any atom is 0.233 e. The first-order chi connectivity index (χ1) is 12.6. The number of amides is 1. The first-order valence-electron chi connectivity index (χ1n) is 8.48. The first kappa shape index (κ1) is 18.1. The van der Waals surface area contributed by atoms with Crippen molar-refractivity contribution < 1.29 is 4.79 Å². The number of carbonyl (C=O) groups is 1. The van der Waals surface area contributed by atoms with Crippen LogP contribution in [0.2, 0.25) is 0 Å². The van der Waals surface area contributed by atoms with E-state index in [0.717, 1.165) is 17.7 Å². The zero-order chi connectivity index (χ0) is 18.4. The largest absolute Gasteiger partial charge is 0.355 e. The summed E-state index contributed by atoms with van der Waals surface area (Å²) in [5, 5.41) is 15.2.